The van der Waals surface area contributed by atoms with E-state index >= 15 is 0 Å². The number of nitriles is 1. The molecule has 0 bridgehead atoms. The van der Waals surface area contributed by atoms with Gasteiger partial charge in [0.1, 0.15) is 23.0 Å². The quantitative estimate of drug-likeness (QED) is 0.716. The summed E-state index contributed by atoms with van der Waals surface area (Å²) in [5, 5.41) is 9.72. The molecular weight excluding hydrogens is 390 g/mol. The van der Waals surface area contributed by atoms with Crippen molar-refractivity contribution in [2.75, 3.05) is 19.1 Å². The zero-order valence-corrected chi connectivity index (χ0v) is 15.3. The lowest BCUT2D eigenvalue weighted by Gasteiger charge is -2.34. The molecule has 3 rings (SSSR count). The molecule has 8 heteroatoms. The number of anilines is 1. The van der Waals surface area contributed by atoms with E-state index in [1.54, 1.807) is 25.2 Å². The zero-order valence-electron chi connectivity index (χ0n) is 13.7. The van der Waals surface area contributed by atoms with Crippen LogP contribution in [-0.4, -0.2) is 26.0 Å². The van der Waals surface area contributed by atoms with E-state index in [2.05, 4.69) is 15.9 Å². The number of fused-ring (bicyclic) bond motifs is 2. The molecule has 7 nitrogen and oxygen atoms in total. The SMILES string of the molecule is COC(=O)C1=C(C)OC(N)=C(C#N)C12C(=O)N(C)c1ccc(Br)cc12. The van der Waals surface area contributed by atoms with Gasteiger partial charge in [-0.05, 0) is 25.1 Å². The second kappa shape index (κ2) is 5.63. The molecule has 2 N–H and O–H groups in total. The number of hydrogen-bond acceptors (Lipinski definition) is 6. The number of nitrogens with two attached hydrogens (primary N) is 1. The molecule has 0 saturated carbocycles. The number of likely N-dealkylation sites (N-methyl/N-ethyl adjacent to an activating group) is 1. The maximum atomic E-state index is 13.3. The largest absolute Gasteiger partial charge is 0.466 e. The predicted molar refractivity (Wildman–Crippen MR) is 91.9 cm³/mol. The minimum Gasteiger partial charge on any atom is -0.466 e. The molecule has 2 aliphatic heterocycles. The molecule has 2 heterocycles. The fourth-order valence-corrected chi connectivity index (χ4v) is 3.80. The van der Waals surface area contributed by atoms with Crippen LogP contribution in [0.1, 0.15) is 12.5 Å². The first-order valence-corrected chi connectivity index (χ1v) is 8.06. The fraction of sp³-hybridized carbons (Fsp3) is 0.235. The standard InChI is InChI=1S/C17H14BrN3O4/c1-8-13(15(22)24-3)17(11(7-19)14(20)25-8)10-6-9(18)4-5-12(10)21(2)16(17)23/h4-6H,20H2,1-3H3. The predicted octanol–water partition coefficient (Wildman–Crippen LogP) is 1.83. The van der Waals surface area contributed by atoms with E-state index in [9.17, 15) is 14.9 Å². The Morgan fingerprint density at radius 3 is 2.76 bits per heavy atom. The maximum absolute atomic E-state index is 13.3. The molecule has 25 heavy (non-hydrogen) atoms. The van der Waals surface area contributed by atoms with Gasteiger partial charge >= 0.3 is 5.97 Å². The number of amides is 1. The summed E-state index contributed by atoms with van der Waals surface area (Å²) >= 11 is 3.38. The minimum absolute atomic E-state index is 0.0468. The Morgan fingerprint density at radius 2 is 2.16 bits per heavy atom. The number of ether oxygens (including phenoxy) is 2. The average molecular weight is 404 g/mol. The van der Waals surface area contributed by atoms with E-state index < -0.39 is 17.3 Å². The Labute approximate surface area is 152 Å². The topological polar surface area (TPSA) is 106 Å². The summed E-state index contributed by atoms with van der Waals surface area (Å²) in [6.07, 6.45) is 0. The van der Waals surface area contributed by atoms with Gasteiger partial charge in [0.05, 0.1) is 7.11 Å². The lowest BCUT2D eigenvalue weighted by Crippen LogP contribution is -2.47. The van der Waals surface area contributed by atoms with Gasteiger partial charge in [0.15, 0.2) is 5.41 Å². The molecule has 1 aromatic carbocycles. The van der Waals surface area contributed by atoms with Crippen molar-refractivity contribution in [3.05, 3.63) is 51.0 Å². The first kappa shape index (κ1) is 17.0. The molecule has 0 aliphatic carbocycles. The van der Waals surface area contributed by atoms with Crippen molar-refractivity contribution in [2.24, 2.45) is 5.73 Å². The number of halogens is 1. The third-order valence-electron chi connectivity index (χ3n) is 4.46. The van der Waals surface area contributed by atoms with Gasteiger partial charge in [-0.15, -0.1) is 0 Å². The Morgan fingerprint density at radius 1 is 1.48 bits per heavy atom. The second-order valence-corrected chi connectivity index (χ2v) is 6.57. The van der Waals surface area contributed by atoms with E-state index in [1.165, 1.54) is 18.9 Å². The third kappa shape index (κ3) is 2.02. The van der Waals surface area contributed by atoms with Crippen molar-refractivity contribution in [2.45, 2.75) is 12.3 Å². The van der Waals surface area contributed by atoms with Crippen LogP contribution in [0.25, 0.3) is 0 Å². The molecule has 1 spiro atoms. The smallest absolute Gasteiger partial charge is 0.339 e. The Hall–Kier alpha value is -2.79. The van der Waals surface area contributed by atoms with Crippen LogP contribution in [-0.2, 0) is 24.5 Å². The first-order valence-electron chi connectivity index (χ1n) is 7.26. The van der Waals surface area contributed by atoms with E-state index in [-0.39, 0.29) is 22.8 Å². The van der Waals surface area contributed by atoms with Gasteiger partial charge in [0.2, 0.25) is 11.8 Å². The number of nitrogens with zero attached hydrogens (tertiary/aromatic N) is 2. The van der Waals surface area contributed by atoms with Gasteiger partial charge in [-0.2, -0.15) is 5.26 Å². The Balaban J connectivity index is 2.50. The van der Waals surface area contributed by atoms with E-state index in [0.29, 0.717) is 15.7 Å². The summed E-state index contributed by atoms with van der Waals surface area (Å²) in [5.41, 5.74) is 5.08. The molecule has 0 aromatic heterocycles. The highest BCUT2D eigenvalue weighted by Crippen LogP contribution is 2.54. The Bertz CT molecular complexity index is 928. The fourth-order valence-electron chi connectivity index (χ4n) is 3.44. The van der Waals surface area contributed by atoms with Crippen LogP contribution in [0.3, 0.4) is 0 Å². The summed E-state index contributed by atoms with van der Waals surface area (Å²) in [6.45, 7) is 1.51. The molecule has 2 aliphatic rings. The normalized spacial score (nSPS) is 22.0. The number of esters is 1. The molecule has 0 radical (unpaired) electrons. The minimum atomic E-state index is -1.69. The van der Waals surface area contributed by atoms with Crippen molar-refractivity contribution in [1.82, 2.24) is 0 Å². The molecular formula is C17H14BrN3O4. The van der Waals surface area contributed by atoms with E-state index in [4.69, 9.17) is 15.2 Å². The van der Waals surface area contributed by atoms with Gasteiger partial charge in [-0.25, -0.2) is 4.79 Å². The van der Waals surface area contributed by atoms with Crippen molar-refractivity contribution < 1.29 is 19.1 Å². The Kier molecular flexibility index (Phi) is 3.84. The summed E-state index contributed by atoms with van der Waals surface area (Å²) in [4.78, 5) is 27.2. The monoisotopic (exact) mass is 403 g/mol. The second-order valence-electron chi connectivity index (χ2n) is 5.65. The number of rotatable bonds is 1. The van der Waals surface area contributed by atoms with Gasteiger partial charge < -0.3 is 20.1 Å². The van der Waals surface area contributed by atoms with Crippen LogP contribution >= 0.6 is 15.9 Å². The number of benzene rings is 1. The maximum Gasteiger partial charge on any atom is 0.339 e. The zero-order chi connectivity index (χ0) is 18.5. The lowest BCUT2D eigenvalue weighted by atomic mass is 9.68. The van der Waals surface area contributed by atoms with Crippen molar-refractivity contribution in [3.63, 3.8) is 0 Å². The van der Waals surface area contributed by atoms with Gasteiger partial charge in [-0.3, -0.25) is 4.79 Å². The molecule has 1 atom stereocenters. The molecule has 128 valence electrons. The number of hydrogen-bond donors (Lipinski definition) is 1. The van der Waals surface area contributed by atoms with Crippen LogP contribution in [0.15, 0.2) is 45.5 Å². The van der Waals surface area contributed by atoms with Gasteiger partial charge in [-0.1, -0.05) is 15.9 Å². The van der Waals surface area contributed by atoms with Gasteiger partial charge in [0, 0.05) is 22.8 Å². The molecule has 1 unspecified atom stereocenters. The van der Waals surface area contributed by atoms with Crippen LogP contribution in [0.4, 0.5) is 5.69 Å². The number of methoxy groups -OCH3 is 1. The van der Waals surface area contributed by atoms with E-state index in [0.717, 1.165) is 0 Å². The molecule has 1 amide bonds. The molecule has 0 saturated heterocycles. The third-order valence-corrected chi connectivity index (χ3v) is 4.96. The van der Waals surface area contributed by atoms with E-state index in [1.807, 2.05) is 6.07 Å². The molecule has 0 fully saturated rings. The van der Waals surface area contributed by atoms with Crippen LogP contribution < -0.4 is 10.6 Å². The van der Waals surface area contributed by atoms with Crippen molar-refractivity contribution in [3.8, 4) is 6.07 Å². The number of carbonyl (C=O) groups excluding carboxylic acids is 2. The average Bonchev–Trinajstić information content (AvgIpc) is 2.77. The highest BCUT2D eigenvalue weighted by molar-refractivity contribution is 9.10. The lowest BCUT2D eigenvalue weighted by molar-refractivity contribution is -0.138. The van der Waals surface area contributed by atoms with Crippen LogP contribution in [0.2, 0.25) is 0 Å². The summed E-state index contributed by atoms with van der Waals surface area (Å²) in [5.74, 6) is -1.31. The van der Waals surface area contributed by atoms with Crippen molar-refractivity contribution >= 4 is 33.5 Å². The van der Waals surface area contributed by atoms with Gasteiger partial charge in [0.25, 0.3) is 0 Å². The summed E-state index contributed by atoms with van der Waals surface area (Å²) < 4.78 is 10.9. The van der Waals surface area contributed by atoms with Crippen LogP contribution in [0.5, 0.6) is 0 Å². The van der Waals surface area contributed by atoms with Crippen molar-refractivity contribution in [1.29, 1.82) is 5.26 Å². The van der Waals surface area contributed by atoms with Crippen LogP contribution in [0, 0.1) is 11.3 Å². The number of carbonyl (C=O) groups is 2. The first-order chi connectivity index (χ1) is 11.8. The summed E-state index contributed by atoms with van der Waals surface area (Å²) in [7, 11) is 2.78. The summed E-state index contributed by atoms with van der Waals surface area (Å²) in [6, 6.07) is 7.15. The highest BCUT2D eigenvalue weighted by Gasteiger charge is 2.61. The number of allylic oxidation sites excluding steroid dienone is 1. The molecule has 1 aromatic rings. The highest BCUT2D eigenvalue weighted by atomic mass is 79.9.